The molecule has 0 aliphatic rings. The molecular weight excluding hydrogens is 480 g/mol. The number of hydrogen-bond donors (Lipinski definition) is 0. The molecule has 39 heavy (non-hydrogen) atoms. The third kappa shape index (κ3) is 15.8. The molecule has 0 aliphatic heterocycles. The zero-order chi connectivity index (χ0) is 29.2. The van der Waals surface area contributed by atoms with Crippen molar-refractivity contribution in [3.8, 4) is 5.75 Å². The van der Waals surface area contributed by atoms with Crippen LogP contribution in [0.4, 0.5) is 0 Å². The van der Waals surface area contributed by atoms with Crippen molar-refractivity contribution in [3.05, 3.63) is 28.8 Å². The first-order valence-electron chi connectivity index (χ1n) is 16.4. The van der Waals surface area contributed by atoms with Gasteiger partial charge in [-0.15, -0.1) is 0 Å². The van der Waals surface area contributed by atoms with Crippen molar-refractivity contribution >= 4 is 5.97 Å². The first-order chi connectivity index (χ1) is 18.5. The number of aryl methyl sites for hydroxylation is 1. The van der Waals surface area contributed by atoms with Gasteiger partial charge in [-0.25, -0.2) is 0 Å². The van der Waals surface area contributed by atoms with Gasteiger partial charge in [0.05, 0.1) is 13.7 Å². The Hall–Kier alpha value is -1.51. The van der Waals surface area contributed by atoms with Crippen LogP contribution in [-0.4, -0.2) is 19.7 Å². The molecular formula is C36H64O3. The summed E-state index contributed by atoms with van der Waals surface area (Å²) in [5.74, 6) is 0.895. The molecule has 0 N–H and O–H groups in total. The van der Waals surface area contributed by atoms with Crippen molar-refractivity contribution in [1.29, 1.82) is 0 Å². The fourth-order valence-corrected chi connectivity index (χ4v) is 5.32. The predicted molar refractivity (Wildman–Crippen MR) is 169 cm³/mol. The normalized spacial score (nSPS) is 12.1. The quantitative estimate of drug-likeness (QED) is 0.114. The molecule has 1 aromatic rings. The fourth-order valence-electron chi connectivity index (χ4n) is 5.32. The molecule has 0 radical (unpaired) electrons. The molecule has 0 aliphatic carbocycles. The largest absolute Gasteiger partial charge is 0.496 e. The summed E-state index contributed by atoms with van der Waals surface area (Å²) in [6.07, 6.45) is 22.7. The first kappa shape index (κ1) is 35.5. The average molecular weight is 545 g/mol. The van der Waals surface area contributed by atoms with Crippen LogP contribution in [0.25, 0.3) is 0 Å². The third-order valence-electron chi connectivity index (χ3n) is 7.85. The zero-order valence-electron chi connectivity index (χ0n) is 27.3. The van der Waals surface area contributed by atoms with E-state index in [0.29, 0.717) is 19.4 Å². The Morgan fingerprint density at radius 2 is 1.03 bits per heavy atom. The van der Waals surface area contributed by atoms with E-state index < -0.39 is 0 Å². The molecule has 0 fully saturated rings. The second-order valence-electron chi connectivity index (χ2n) is 13.7. The van der Waals surface area contributed by atoms with Gasteiger partial charge >= 0.3 is 5.97 Å². The van der Waals surface area contributed by atoms with E-state index in [9.17, 15) is 4.79 Å². The van der Waals surface area contributed by atoms with Crippen LogP contribution in [0.15, 0.2) is 12.1 Å². The maximum atomic E-state index is 12.4. The van der Waals surface area contributed by atoms with Gasteiger partial charge in [0.15, 0.2) is 0 Å². The van der Waals surface area contributed by atoms with Gasteiger partial charge in [0.1, 0.15) is 5.75 Å². The van der Waals surface area contributed by atoms with E-state index in [1.807, 2.05) is 0 Å². The number of benzene rings is 1. The SMILES string of the molecule is CCCCCCCCCCCCCCCCCCOC(=O)CCc1cc(C(C)(C)C)c(OC)c(C(C)(C)C)c1. The fraction of sp³-hybridized carbons (Fsp3) is 0.806. The van der Waals surface area contributed by atoms with Crippen molar-refractivity contribution in [2.45, 2.75) is 175 Å². The molecule has 0 aromatic heterocycles. The van der Waals surface area contributed by atoms with Gasteiger partial charge in [-0.3, -0.25) is 4.79 Å². The molecule has 226 valence electrons. The summed E-state index contributed by atoms with van der Waals surface area (Å²) < 4.78 is 11.4. The van der Waals surface area contributed by atoms with Crippen molar-refractivity contribution in [2.24, 2.45) is 0 Å². The number of rotatable bonds is 21. The molecule has 0 amide bonds. The standard InChI is InChI=1S/C36H64O3/c1-9-10-11-12-13-14-15-16-17-18-19-20-21-22-23-24-27-39-33(37)26-25-30-28-31(35(2,3)4)34(38-8)32(29-30)36(5,6)7/h28-29H,9-27H2,1-8H3. The summed E-state index contributed by atoms with van der Waals surface area (Å²) in [6.45, 7) is 16.1. The summed E-state index contributed by atoms with van der Waals surface area (Å²) in [5.41, 5.74) is 3.53. The van der Waals surface area contributed by atoms with Crippen molar-refractivity contribution < 1.29 is 14.3 Å². The Morgan fingerprint density at radius 3 is 1.38 bits per heavy atom. The average Bonchev–Trinajstić information content (AvgIpc) is 2.87. The van der Waals surface area contributed by atoms with Gasteiger partial charge in [0.25, 0.3) is 0 Å². The maximum absolute atomic E-state index is 12.4. The third-order valence-corrected chi connectivity index (χ3v) is 7.85. The number of ether oxygens (including phenoxy) is 2. The first-order valence-corrected chi connectivity index (χ1v) is 16.4. The number of carbonyl (C=O) groups excluding carboxylic acids is 1. The number of methoxy groups -OCH3 is 1. The van der Waals surface area contributed by atoms with Gasteiger partial charge in [-0.2, -0.15) is 0 Å². The van der Waals surface area contributed by atoms with Crippen LogP contribution in [0.5, 0.6) is 5.75 Å². The minimum Gasteiger partial charge on any atom is -0.496 e. The highest BCUT2D eigenvalue weighted by Crippen LogP contribution is 2.40. The smallest absolute Gasteiger partial charge is 0.306 e. The van der Waals surface area contributed by atoms with Crippen LogP contribution in [0.3, 0.4) is 0 Å². The molecule has 3 nitrogen and oxygen atoms in total. The van der Waals surface area contributed by atoms with Crippen LogP contribution < -0.4 is 4.74 Å². The zero-order valence-corrected chi connectivity index (χ0v) is 27.3. The molecule has 1 rings (SSSR count). The molecule has 1 aromatic carbocycles. The minimum absolute atomic E-state index is 0.0326. The van der Waals surface area contributed by atoms with Gasteiger partial charge in [0, 0.05) is 17.5 Å². The van der Waals surface area contributed by atoms with Gasteiger partial charge in [-0.1, -0.05) is 157 Å². The number of unbranched alkanes of at least 4 members (excludes halogenated alkanes) is 15. The molecule has 3 heteroatoms. The lowest BCUT2D eigenvalue weighted by Crippen LogP contribution is -2.20. The van der Waals surface area contributed by atoms with E-state index in [1.165, 1.54) is 107 Å². The Morgan fingerprint density at radius 1 is 0.641 bits per heavy atom. The summed E-state index contributed by atoms with van der Waals surface area (Å²) in [7, 11) is 1.76. The molecule has 0 heterocycles. The second kappa shape index (κ2) is 19.5. The van der Waals surface area contributed by atoms with Crippen LogP contribution in [0, 0.1) is 0 Å². The summed E-state index contributed by atoms with van der Waals surface area (Å²) in [4.78, 5) is 12.4. The highest BCUT2D eigenvalue weighted by molar-refractivity contribution is 5.69. The minimum atomic E-state index is -0.0820. The van der Waals surface area contributed by atoms with E-state index in [-0.39, 0.29) is 16.8 Å². The molecule has 0 bridgehead atoms. The Kier molecular flexibility index (Phi) is 17.8. The van der Waals surface area contributed by atoms with Crippen LogP contribution in [0.2, 0.25) is 0 Å². The molecule has 0 saturated heterocycles. The van der Waals surface area contributed by atoms with Crippen molar-refractivity contribution in [1.82, 2.24) is 0 Å². The Labute approximate surface area is 243 Å². The highest BCUT2D eigenvalue weighted by atomic mass is 16.5. The van der Waals surface area contributed by atoms with E-state index in [1.54, 1.807) is 7.11 Å². The second-order valence-corrected chi connectivity index (χ2v) is 13.7. The van der Waals surface area contributed by atoms with Crippen LogP contribution in [-0.2, 0) is 26.8 Å². The highest BCUT2D eigenvalue weighted by Gasteiger charge is 2.27. The van der Waals surface area contributed by atoms with Crippen LogP contribution in [0.1, 0.15) is 174 Å². The van der Waals surface area contributed by atoms with Gasteiger partial charge < -0.3 is 9.47 Å². The molecule has 0 unspecified atom stereocenters. The lowest BCUT2D eigenvalue weighted by Gasteiger charge is -2.30. The topological polar surface area (TPSA) is 35.5 Å². The Balaban J connectivity index is 2.18. The van der Waals surface area contributed by atoms with Gasteiger partial charge in [-0.05, 0) is 29.2 Å². The molecule has 0 spiro atoms. The maximum Gasteiger partial charge on any atom is 0.306 e. The lowest BCUT2D eigenvalue weighted by atomic mass is 9.78. The predicted octanol–water partition coefficient (Wildman–Crippen LogP) is 11.0. The number of esters is 1. The monoisotopic (exact) mass is 544 g/mol. The van der Waals surface area contributed by atoms with E-state index in [0.717, 1.165) is 18.6 Å². The van der Waals surface area contributed by atoms with Crippen molar-refractivity contribution in [3.63, 3.8) is 0 Å². The summed E-state index contributed by atoms with van der Waals surface area (Å²) in [6, 6.07) is 4.44. The summed E-state index contributed by atoms with van der Waals surface area (Å²) >= 11 is 0. The number of hydrogen-bond acceptors (Lipinski definition) is 3. The van der Waals surface area contributed by atoms with E-state index in [4.69, 9.17) is 9.47 Å². The van der Waals surface area contributed by atoms with E-state index >= 15 is 0 Å². The molecule has 0 saturated carbocycles. The van der Waals surface area contributed by atoms with Gasteiger partial charge in [0.2, 0.25) is 0 Å². The van der Waals surface area contributed by atoms with E-state index in [2.05, 4.69) is 60.6 Å². The lowest BCUT2D eigenvalue weighted by molar-refractivity contribution is -0.143. The molecule has 0 atom stereocenters. The Bertz CT molecular complexity index is 746. The van der Waals surface area contributed by atoms with Crippen LogP contribution >= 0.6 is 0 Å². The number of carbonyl (C=O) groups is 1. The summed E-state index contributed by atoms with van der Waals surface area (Å²) in [5, 5.41) is 0. The van der Waals surface area contributed by atoms with Crippen molar-refractivity contribution in [2.75, 3.05) is 13.7 Å².